The van der Waals surface area contributed by atoms with E-state index in [0.29, 0.717) is 42.4 Å². The molecule has 0 bridgehead atoms. The van der Waals surface area contributed by atoms with Gasteiger partial charge in [0.2, 0.25) is 10.0 Å². The first-order chi connectivity index (χ1) is 15.9. The zero-order chi connectivity index (χ0) is 23.8. The molecule has 0 unspecified atom stereocenters. The summed E-state index contributed by atoms with van der Waals surface area (Å²) in [7, 11) is -0.402. The van der Waals surface area contributed by atoms with Gasteiger partial charge in [-0.25, -0.2) is 8.42 Å². The van der Waals surface area contributed by atoms with Crippen molar-refractivity contribution in [3.05, 3.63) is 53.1 Å². The molecule has 0 aliphatic carbocycles. The summed E-state index contributed by atoms with van der Waals surface area (Å²) in [6.07, 6.45) is 2.62. The maximum atomic E-state index is 12.9. The van der Waals surface area contributed by atoms with Gasteiger partial charge in [0.15, 0.2) is 11.5 Å². The maximum absolute atomic E-state index is 12.9. The molecule has 0 fully saturated rings. The molecule has 2 aromatic carbocycles. The first kappa shape index (κ1) is 24.9. The third-order valence-corrected chi connectivity index (χ3v) is 7.42. The highest BCUT2D eigenvalue weighted by Crippen LogP contribution is 2.33. The highest BCUT2D eigenvalue weighted by atomic mass is 32.2. The third-order valence-electron chi connectivity index (χ3n) is 5.61. The largest absolute Gasteiger partial charge is 0.494 e. The molecule has 3 rings (SSSR count). The van der Waals surface area contributed by atoms with Crippen LogP contribution in [0.25, 0.3) is 0 Å². The van der Waals surface area contributed by atoms with Gasteiger partial charge in [-0.15, -0.1) is 0 Å². The SMILES string of the molecule is CCCCOc1ccc(C(=O)NCCS(=O)(=O)N2CCc3cc(OC)c(OC)cc3C2)cc1. The van der Waals surface area contributed by atoms with Gasteiger partial charge in [0.05, 0.1) is 26.6 Å². The average molecular weight is 477 g/mol. The van der Waals surface area contributed by atoms with Crippen LogP contribution in [0.1, 0.15) is 41.3 Å². The predicted molar refractivity (Wildman–Crippen MR) is 127 cm³/mol. The Bertz CT molecular complexity index is 1050. The molecule has 33 heavy (non-hydrogen) atoms. The minimum absolute atomic E-state index is 0.0329. The van der Waals surface area contributed by atoms with E-state index in [0.717, 1.165) is 24.0 Å². The monoisotopic (exact) mass is 476 g/mol. The zero-order valence-electron chi connectivity index (χ0n) is 19.4. The Morgan fingerprint density at radius 3 is 2.36 bits per heavy atom. The van der Waals surface area contributed by atoms with Gasteiger partial charge >= 0.3 is 0 Å². The Balaban J connectivity index is 1.53. The van der Waals surface area contributed by atoms with E-state index >= 15 is 0 Å². The molecule has 0 saturated heterocycles. The summed E-state index contributed by atoms with van der Waals surface area (Å²) in [5.74, 6) is 1.44. The van der Waals surface area contributed by atoms with Gasteiger partial charge in [0.25, 0.3) is 5.91 Å². The molecule has 180 valence electrons. The summed E-state index contributed by atoms with van der Waals surface area (Å²) >= 11 is 0. The summed E-state index contributed by atoms with van der Waals surface area (Å²) in [4.78, 5) is 12.4. The van der Waals surface area contributed by atoms with E-state index in [1.54, 1.807) is 38.5 Å². The summed E-state index contributed by atoms with van der Waals surface area (Å²) < 4.78 is 43.4. The summed E-state index contributed by atoms with van der Waals surface area (Å²) in [6, 6.07) is 10.6. The second kappa shape index (κ2) is 11.4. The summed E-state index contributed by atoms with van der Waals surface area (Å²) in [6.45, 7) is 3.42. The molecule has 8 nitrogen and oxygen atoms in total. The Labute approximate surface area is 195 Å². The lowest BCUT2D eigenvalue weighted by molar-refractivity contribution is 0.0956. The number of benzene rings is 2. The average Bonchev–Trinajstić information content (AvgIpc) is 2.83. The first-order valence-corrected chi connectivity index (χ1v) is 12.7. The van der Waals surface area contributed by atoms with Crippen LogP contribution in [-0.4, -0.2) is 58.3 Å². The fraction of sp³-hybridized carbons (Fsp3) is 0.458. The van der Waals surface area contributed by atoms with Gasteiger partial charge in [0.1, 0.15) is 5.75 Å². The number of carbonyl (C=O) groups is 1. The number of amides is 1. The Hall–Kier alpha value is -2.78. The fourth-order valence-corrected chi connectivity index (χ4v) is 4.98. The normalized spacial score (nSPS) is 13.8. The van der Waals surface area contributed by atoms with Crippen LogP contribution < -0.4 is 19.5 Å². The minimum Gasteiger partial charge on any atom is -0.494 e. The van der Waals surface area contributed by atoms with Gasteiger partial charge in [-0.05, 0) is 60.4 Å². The van der Waals surface area contributed by atoms with Crippen LogP contribution in [-0.2, 0) is 23.0 Å². The highest BCUT2D eigenvalue weighted by molar-refractivity contribution is 7.89. The number of hydrogen-bond donors (Lipinski definition) is 1. The second-order valence-electron chi connectivity index (χ2n) is 7.86. The lowest BCUT2D eigenvalue weighted by Gasteiger charge is -2.29. The molecular weight excluding hydrogens is 444 g/mol. The molecule has 0 atom stereocenters. The van der Waals surface area contributed by atoms with Gasteiger partial charge in [-0.2, -0.15) is 4.31 Å². The molecule has 1 heterocycles. The van der Waals surface area contributed by atoms with Gasteiger partial charge in [0, 0.05) is 25.2 Å². The van der Waals surface area contributed by atoms with Gasteiger partial charge in [-0.3, -0.25) is 4.79 Å². The Kier molecular flexibility index (Phi) is 8.57. The number of hydrogen-bond acceptors (Lipinski definition) is 6. The van der Waals surface area contributed by atoms with Crippen molar-refractivity contribution in [1.82, 2.24) is 9.62 Å². The number of carbonyl (C=O) groups excluding carboxylic acids is 1. The van der Waals surface area contributed by atoms with E-state index in [2.05, 4.69) is 12.2 Å². The van der Waals surface area contributed by atoms with Crippen LogP contribution in [0.3, 0.4) is 0 Å². The highest BCUT2D eigenvalue weighted by Gasteiger charge is 2.27. The third kappa shape index (κ3) is 6.39. The van der Waals surface area contributed by atoms with Crippen molar-refractivity contribution in [3.8, 4) is 17.2 Å². The lowest BCUT2D eigenvalue weighted by Crippen LogP contribution is -2.40. The van der Waals surface area contributed by atoms with Crippen LogP contribution >= 0.6 is 0 Å². The number of ether oxygens (including phenoxy) is 3. The smallest absolute Gasteiger partial charge is 0.251 e. The molecule has 9 heteroatoms. The number of nitrogens with one attached hydrogen (secondary N) is 1. The van der Waals surface area contributed by atoms with Crippen molar-refractivity contribution in [2.45, 2.75) is 32.7 Å². The molecule has 0 radical (unpaired) electrons. The molecule has 1 N–H and O–H groups in total. The van der Waals surface area contributed by atoms with Gasteiger partial charge in [-0.1, -0.05) is 13.3 Å². The molecular formula is C24H32N2O6S. The Morgan fingerprint density at radius 2 is 1.73 bits per heavy atom. The minimum atomic E-state index is -3.53. The number of fused-ring (bicyclic) bond motifs is 1. The van der Waals surface area contributed by atoms with E-state index in [4.69, 9.17) is 14.2 Å². The van der Waals surface area contributed by atoms with Crippen LogP contribution in [0.4, 0.5) is 0 Å². The topological polar surface area (TPSA) is 94.2 Å². The van der Waals surface area contributed by atoms with Crippen molar-refractivity contribution < 1.29 is 27.4 Å². The van der Waals surface area contributed by atoms with E-state index in [1.165, 1.54) is 4.31 Å². The van der Waals surface area contributed by atoms with Crippen LogP contribution in [0, 0.1) is 0 Å². The number of sulfonamides is 1. The fourth-order valence-electron chi connectivity index (χ4n) is 3.66. The predicted octanol–water partition coefficient (Wildman–Crippen LogP) is 3.00. The Morgan fingerprint density at radius 1 is 1.06 bits per heavy atom. The number of nitrogens with zero attached hydrogens (tertiary/aromatic N) is 1. The van der Waals surface area contributed by atoms with Crippen molar-refractivity contribution in [2.24, 2.45) is 0 Å². The quantitative estimate of drug-likeness (QED) is 0.501. The number of rotatable bonds is 11. The molecule has 1 aliphatic rings. The first-order valence-electron chi connectivity index (χ1n) is 11.1. The summed E-state index contributed by atoms with van der Waals surface area (Å²) in [5, 5.41) is 2.70. The van der Waals surface area contributed by atoms with Crippen LogP contribution in [0.5, 0.6) is 17.2 Å². The summed E-state index contributed by atoms with van der Waals surface area (Å²) in [5.41, 5.74) is 2.41. The van der Waals surface area contributed by atoms with Crippen molar-refractivity contribution in [2.75, 3.05) is 39.7 Å². The molecule has 1 aliphatic heterocycles. The molecule has 2 aromatic rings. The van der Waals surface area contributed by atoms with E-state index < -0.39 is 10.0 Å². The molecule has 0 saturated carbocycles. The van der Waals surface area contributed by atoms with Crippen LogP contribution in [0.2, 0.25) is 0 Å². The van der Waals surface area contributed by atoms with E-state index in [-0.39, 0.29) is 24.7 Å². The van der Waals surface area contributed by atoms with E-state index in [1.807, 2.05) is 12.1 Å². The standard InChI is InChI=1S/C24H32N2O6S/c1-4-5-13-32-21-8-6-18(7-9-21)24(27)25-11-14-33(28,29)26-12-10-19-15-22(30-2)23(31-3)16-20(19)17-26/h6-9,15-16H,4-5,10-14,17H2,1-3H3,(H,25,27). The number of unbranched alkanes of at least 4 members (excludes halogenated alkanes) is 1. The van der Waals surface area contributed by atoms with E-state index in [9.17, 15) is 13.2 Å². The van der Waals surface area contributed by atoms with Crippen molar-refractivity contribution in [3.63, 3.8) is 0 Å². The van der Waals surface area contributed by atoms with Crippen molar-refractivity contribution >= 4 is 15.9 Å². The number of methoxy groups -OCH3 is 2. The van der Waals surface area contributed by atoms with Gasteiger partial charge < -0.3 is 19.5 Å². The maximum Gasteiger partial charge on any atom is 0.251 e. The molecule has 0 spiro atoms. The van der Waals surface area contributed by atoms with Crippen LogP contribution in [0.15, 0.2) is 36.4 Å². The molecule has 0 aromatic heterocycles. The molecule has 1 amide bonds. The lowest BCUT2D eigenvalue weighted by atomic mass is 10.0. The zero-order valence-corrected chi connectivity index (χ0v) is 20.2. The second-order valence-corrected chi connectivity index (χ2v) is 9.95. The van der Waals surface area contributed by atoms with Crippen molar-refractivity contribution in [1.29, 1.82) is 0 Å².